The lowest BCUT2D eigenvalue weighted by atomic mass is 9.77. The molecule has 0 saturated heterocycles. The molecule has 2 atom stereocenters. The van der Waals surface area contributed by atoms with Crippen molar-refractivity contribution in [3.05, 3.63) is 0 Å². The summed E-state index contributed by atoms with van der Waals surface area (Å²) in [7, 11) is 0. The predicted molar refractivity (Wildman–Crippen MR) is 49.6 cm³/mol. The number of aliphatic hydroxyl groups is 1. The lowest BCUT2D eigenvalue weighted by Gasteiger charge is -2.33. The summed E-state index contributed by atoms with van der Waals surface area (Å²) in [6.45, 7) is 1.95. The van der Waals surface area contributed by atoms with Crippen LogP contribution in [0.3, 0.4) is 0 Å². The highest BCUT2D eigenvalue weighted by Crippen LogP contribution is 2.32. The fourth-order valence-electron chi connectivity index (χ4n) is 1.69. The molecule has 3 heteroatoms. The molecule has 0 spiro atoms. The first-order valence-corrected chi connectivity index (χ1v) is 4.59. The van der Waals surface area contributed by atoms with E-state index in [2.05, 4.69) is 11.8 Å². The third-order valence-corrected chi connectivity index (χ3v) is 2.66. The Morgan fingerprint density at radius 3 is 2.85 bits per heavy atom. The summed E-state index contributed by atoms with van der Waals surface area (Å²) < 4.78 is 0. The van der Waals surface area contributed by atoms with Crippen LogP contribution >= 0.6 is 0 Å². The van der Waals surface area contributed by atoms with Crippen molar-refractivity contribution in [2.45, 2.75) is 38.2 Å². The summed E-state index contributed by atoms with van der Waals surface area (Å²) in [6.07, 6.45) is 3.70. The molecule has 0 bridgehead atoms. The first kappa shape index (κ1) is 10.1. The Hall–Kier alpha value is -1.01. The Labute approximate surface area is 78.3 Å². The van der Waals surface area contributed by atoms with Crippen molar-refractivity contribution >= 4 is 5.91 Å². The molecule has 72 valence electrons. The van der Waals surface area contributed by atoms with Crippen LogP contribution in [-0.4, -0.2) is 16.6 Å². The zero-order valence-electron chi connectivity index (χ0n) is 7.84. The molecule has 1 amide bonds. The summed E-state index contributed by atoms with van der Waals surface area (Å²) in [6, 6.07) is 0. The normalized spacial score (nSPS) is 33.2. The van der Waals surface area contributed by atoms with Crippen molar-refractivity contribution in [3.63, 3.8) is 0 Å². The molecule has 3 nitrogen and oxygen atoms in total. The van der Waals surface area contributed by atoms with Gasteiger partial charge in [0.1, 0.15) is 5.60 Å². The van der Waals surface area contributed by atoms with E-state index in [1.165, 1.54) is 0 Å². The van der Waals surface area contributed by atoms with Crippen molar-refractivity contribution in [1.82, 2.24) is 0 Å². The molecule has 1 fully saturated rings. The van der Waals surface area contributed by atoms with E-state index in [-0.39, 0.29) is 5.92 Å². The predicted octanol–water partition coefficient (Wildman–Crippen LogP) is 0.416. The molecule has 1 saturated carbocycles. The highest BCUT2D eigenvalue weighted by atomic mass is 16.3. The van der Waals surface area contributed by atoms with Crippen LogP contribution in [0.25, 0.3) is 0 Å². The molecule has 2 unspecified atom stereocenters. The van der Waals surface area contributed by atoms with E-state index in [4.69, 9.17) is 5.73 Å². The van der Waals surface area contributed by atoms with Crippen LogP contribution in [0.5, 0.6) is 0 Å². The maximum absolute atomic E-state index is 10.4. The highest BCUT2D eigenvalue weighted by Gasteiger charge is 2.34. The lowest BCUT2D eigenvalue weighted by Crippen LogP contribution is -2.37. The van der Waals surface area contributed by atoms with Crippen LogP contribution in [-0.2, 0) is 4.79 Å². The summed E-state index contributed by atoms with van der Waals surface area (Å²) >= 11 is 0. The van der Waals surface area contributed by atoms with Crippen molar-refractivity contribution in [2.75, 3.05) is 0 Å². The number of primary amides is 1. The zero-order chi connectivity index (χ0) is 9.90. The van der Waals surface area contributed by atoms with Gasteiger partial charge in [0.25, 0.3) is 5.91 Å². The first-order valence-electron chi connectivity index (χ1n) is 4.59. The van der Waals surface area contributed by atoms with Crippen molar-refractivity contribution in [2.24, 2.45) is 11.7 Å². The Kier molecular flexibility index (Phi) is 2.94. The topological polar surface area (TPSA) is 63.3 Å². The van der Waals surface area contributed by atoms with Crippen molar-refractivity contribution < 1.29 is 9.90 Å². The molecule has 1 aliphatic carbocycles. The third-order valence-electron chi connectivity index (χ3n) is 2.66. The molecular weight excluding hydrogens is 166 g/mol. The van der Waals surface area contributed by atoms with Gasteiger partial charge >= 0.3 is 0 Å². The van der Waals surface area contributed by atoms with Crippen LogP contribution < -0.4 is 5.73 Å². The fraction of sp³-hybridized carbons (Fsp3) is 0.700. The third kappa shape index (κ3) is 2.46. The minimum absolute atomic E-state index is 0.132. The molecular formula is C10H15NO2. The van der Waals surface area contributed by atoms with Crippen LogP contribution in [0.15, 0.2) is 0 Å². The second-order valence-electron chi connectivity index (χ2n) is 3.69. The maximum atomic E-state index is 10.4. The van der Waals surface area contributed by atoms with Crippen LogP contribution in [0.1, 0.15) is 32.6 Å². The number of carbonyl (C=O) groups excluding carboxylic acids is 1. The van der Waals surface area contributed by atoms with Crippen LogP contribution in [0, 0.1) is 17.8 Å². The standard InChI is InChI=1S/C10H15NO2/c1-8-4-2-3-6-10(8,13)7-5-9(11)12/h8,13H,2-4,6H2,1H3,(H2,11,12). The highest BCUT2D eigenvalue weighted by molar-refractivity contribution is 5.92. The number of hydrogen-bond donors (Lipinski definition) is 2. The van der Waals surface area contributed by atoms with Gasteiger partial charge in [-0.1, -0.05) is 19.3 Å². The average molecular weight is 181 g/mol. The molecule has 0 aromatic rings. The first-order chi connectivity index (χ1) is 6.04. The second kappa shape index (κ2) is 3.80. The molecule has 0 radical (unpaired) electrons. The molecule has 0 heterocycles. The molecule has 0 aromatic carbocycles. The van der Waals surface area contributed by atoms with Gasteiger partial charge in [0, 0.05) is 0 Å². The van der Waals surface area contributed by atoms with Gasteiger partial charge in [0.05, 0.1) is 0 Å². The smallest absolute Gasteiger partial charge is 0.293 e. The Balaban J connectivity index is 2.74. The van der Waals surface area contributed by atoms with Crippen LogP contribution in [0.4, 0.5) is 0 Å². The monoisotopic (exact) mass is 181 g/mol. The largest absolute Gasteiger partial charge is 0.377 e. The Bertz CT molecular complexity index is 264. The summed E-state index contributed by atoms with van der Waals surface area (Å²) in [5.41, 5.74) is 3.90. The van der Waals surface area contributed by atoms with Crippen LogP contribution in [0.2, 0.25) is 0 Å². The fourth-order valence-corrected chi connectivity index (χ4v) is 1.69. The van der Waals surface area contributed by atoms with Gasteiger partial charge in [0.2, 0.25) is 0 Å². The van der Waals surface area contributed by atoms with Crippen molar-refractivity contribution in [1.29, 1.82) is 0 Å². The van der Waals surface area contributed by atoms with Gasteiger partial charge in [0.15, 0.2) is 0 Å². The molecule has 3 N–H and O–H groups in total. The maximum Gasteiger partial charge on any atom is 0.293 e. The number of hydrogen-bond acceptors (Lipinski definition) is 2. The van der Waals surface area contributed by atoms with Crippen molar-refractivity contribution in [3.8, 4) is 11.8 Å². The van der Waals surface area contributed by atoms with Gasteiger partial charge in [-0.3, -0.25) is 4.79 Å². The Morgan fingerprint density at radius 1 is 1.62 bits per heavy atom. The van der Waals surface area contributed by atoms with E-state index in [1.54, 1.807) is 0 Å². The lowest BCUT2D eigenvalue weighted by molar-refractivity contribution is -0.112. The van der Waals surface area contributed by atoms with E-state index in [1.807, 2.05) is 6.92 Å². The van der Waals surface area contributed by atoms with Gasteiger partial charge in [-0.2, -0.15) is 0 Å². The zero-order valence-corrected chi connectivity index (χ0v) is 7.84. The molecule has 0 aliphatic heterocycles. The van der Waals surface area contributed by atoms with E-state index >= 15 is 0 Å². The average Bonchev–Trinajstić information content (AvgIpc) is 2.07. The summed E-state index contributed by atoms with van der Waals surface area (Å²) in [5.74, 6) is 4.26. The van der Waals surface area contributed by atoms with E-state index in [0.29, 0.717) is 6.42 Å². The van der Waals surface area contributed by atoms with Gasteiger partial charge in [-0.25, -0.2) is 0 Å². The van der Waals surface area contributed by atoms with E-state index in [0.717, 1.165) is 19.3 Å². The molecule has 1 aliphatic rings. The minimum Gasteiger partial charge on any atom is -0.377 e. The number of rotatable bonds is 0. The molecule has 13 heavy (non-hydrogen) atoms. The molecule has 0 aromatic heterocycles. The second-order valence-corrected chi connectivity index (χ2v) is 3.69. The molecule has 1 rings (SSSR count). The summed E-state index contributed by atoms with van der Waals surface area (Å²) in [5, 5.41) is 10.0. The van der Waals surface area contributed by atoms with Gasteiger partial charge in [-0.15, -0.1) is 0 Å². The number of nitrogens with two attached hydrogens (primary N) is 1. The summed E-state index contributed by atoms with van der Waals surface area (Å²) in [4.78, 5) is 10.4. The Morgan fingerprint density at radius 2 is 2.31 bits per heavy atom. The quantitative estimate of drug-likeness (QED) is 0.532. The number of carbonyl (C=O) groups is 1. The SMILES string of the molecule is CC1CCCCC1(O)C#CC(N)=O. The van der Waals surface area contributed by atoms with E-state index in [9.17, 15) is 9.90 Å². The van der Waals surface area contributed by atoms with Gasteiger partial charge < -0.3 is 10.8 Å². The number of amides is 1. The van der Waals surface area contributed by atoms with Gasteiger partial charge in [-0.05, 0) is 31.1 Å². The van der Waals surface area contributed by atoms with E-state index < -0.39 is 11.5 Å². The minimum atomic E-state index is -0.993.